The van der Waals surface area contributed by atoms with Gasteiger partial charge in [-0.1, -0.05) is 23.7 Å². The second-order valence-corrected chi connectivity index (χ2v) is 4.94. The maximum atomic E-state index is 12.0. The summed E-state index contributed by atoms with van der Waals surface area (Å²) in [5.41, 5.74) is 3.44. The van der Waals surface area contributed by atoms with Crippen LogP contribution in [0.1, 0.15) is 15.9 Å². The molecule has 0 fully saturated rings. The van der Waals surface area contributed by atoms with Gasteiger partial charge in [0, 0.05) is 0 Å². The van der Waals surface area contributed by atoms with E-state index in [4.69, 9.17) is 26.3 Å². The number of hydrogen-bond donors (Lipinski definition) is 1. The molecule has 0 spiro atoms. The van der Waals surface area contributed by atoms with Crippen LogP contribution in [0, 0.1) is 11.3 Å². The van der Waals surface area contributed by atoms with Crippen LogP contribution in [-0.2, 0) is 0 Å². The molecule has 2 aromatic carbocycles. The molecule has 0 aromatic heterocycles. The lowest BCUT2D eigenvalue weighted by atomic mass is 10.2. The number of carbonyl (C=O) groups is 1. The number of nitrogens with one attached hydrogen (secondary N) is 1. The second kappa shape index (κ2) is 8.56. The normalized spacial score (nSPS) is 10.2. The number of hydrogen-bond acceptors (Lipinski definition) is 5. The Balaban J connectivity index is 2.05. The Morgan fingerprint density at radius 3 is 2.83 bits per heavy atom. The Morgan fingerprint density at radius 2 is 2.12 bits per heavy atom. The SMILES string of the molecule is COc1cc(/C=N\NC(=O)c2ccccc2Cl)ccc1OCC#N. The minimum atomic E-state index is -0.405. The molecule has 0 unspecified atom stereocenters. The van der Waals surface area contributed by atoms with Crippen LogP contribution in [0.2, 0.25) is 5.02 Å². The van der Waals surface area contributed by atoms with Gasteiger partial charge in [0.05, 0.1) is 23.9 Å². The zero-order valence-corrected chi connectivity index (χ0v) is 13.6. The number of hydrazone groups is 1. The first-order valence-corrected chi connectivity index (χ1v) is 7.29. The molecule has 0 aliphatic rings. The Bertz CT molecular complexity index is 800. The molecule has 0 radical (unpaired) electrons. The Kier molecular flexibility index (Phi) is 6.17. The smallest absolute Gasteiger partial charge is 0.272 e. The van der Waals surface area contributed by atoms with Crippen molar-refractivity contribution < 1.29 is 14.3 Å². The van der Waals surface area contributed by atoms with E-state index in [0.29, 0.717) is 27.6 Å². The van der Waals surface area contributed by atoms with Gasteiger partial charge in [0.25, 0.3) is 5.91 Å². The molecule has 0 bridgehead atoms. The van der Waals surface area contributed by atoms with Gasteiger partial charge in [0.2, 0.25) is 0 Å². The van der Waals surface area contributed by atoms with E-state index < -0.39 is 5.91 Å². The van der Waals surface area contributed by atoms with Gasteiger partial charge in [-0.2, -0.15) is 10.4 Å². The van der Waals surface area contributed by atoms with Gasteiger partial charge in [-0.15, -0.1) is 0 Å². The number of methoxy groups -OCH3 is 1. The number of nitriles is 1. The molecule has 24 heavy (non-hydrogen) atoms. The number of rotatable bonds is 6. The number of benzene rings is 2. The lowest BCUT2D eigenvalue weighted by Crippen LogP contribution is -2.17. The number of amides is 1. The Labute approximate surface area is 144 Å². The van der Waals surface area contributed by atoms with Crippen LogP contribution < -0.4 is 14.9 Å². The van der Waals surface area contributed by atoms with Gasteiger partial charge in [-0.25, -0.2) is 5.43 Å². The van der Waals surface area contributed by atoms with Crippen molar-refractivity contribution >= 4 is 23.7 Å². The van der Waals surface area contributed by atoms with Crippen molar-refractivity contribution in [1.29, 1.82) is 5.26 Å². The first-order valence-electron chi connectivity index (χ1n) is 6.91. The minimum absolute atomic E-state index is 0.0717. The van der Waals surface area contributed by atoms with Crippen molar-refractivity contribution in [2.24, 2.45) is 5.10 Å². The van der Waals surface area contributed by atoms with Gasteiger partial charge in [-0.05, 0) is 35.9 Å². The quantitative estimate of drug-likeness (QED) is 0.645. The monoisotopic (exact) mass is 343 g/mol. The summed E-state index contributed by atoms with van der Waals surface area (Å²) in [5.74, 6) is 0.515. The number of ether oxygens (including phenoxy) is 2. The Morgan fingerprint density at radius 1 is 1.33 bits per heavy atom. The first-order chi connectivity index (χ1) is 11.7. The van der Waals surface area contributed by atoms with E-state index in [1.165, 1.54) is 13.3 Å². The molecule has 0 aliphatic heterocycles. The van der Waals surface area contributed by atoms with Crippen LogP contribution in [0.3, 0.4) is 0 Å². The van der Waals surface area contributed by atoms with Gasteiger partial charge in [-0.3, -0.25) is 4.79 Å². The predicted octanol–water partition coefficient (Wildman–Crippen LogP) is 3.01. The average molecular weight is 344 g/mol. The van der Waals surface area contributed by atoms with E-state index in [0.717, 1.165) is 0 Å². The summed E-state index contributed by atoms with van der Waals surface area (Å²) in [6.07, 6.45) is 1.46. The molecular weight excluding hydrogens is 330 g/mol. The topological polar surface area (TPSA) is 83.7 Å². The molecule has 7 heteroatoms. The third-order valence-electron chi connectivity index (χ3n) is 2.98. The summed E-state index contributed by atoms with van der Waals surface area (Å²) >= 11 is 5.95. The lowest BCUT2D eigenvalue weighted by Gasteiger charge is -2.08. The average Bonchev–Trinajstić information content (AvgIpc) is 2.60. The molecule has 1 amide bonds. The van der Waals surface area contributed by atoms with Crippen LogP contribution in [0.15, 0.2) is 47.6 Å². The molecule has 1 N–H and O–H groups in total. The second-order valence-electron chi connectivity index (χ2n) is 4.54. The molecule has 2 aromatic rings. The molecule has 2 rings (SSSR count). The molecule has 0 saturated carbocycles. The largest absolute Gasteiger partial charge is 0.493 e. The number of halogens is 1. The van der Waals surface area contributed by atoms with E-state index in [9.17, 15) is 4.79 Å². The zero-order valence-electron chi connectivity index (χ0n) is 12.8. The lowest BCUT2D eigenvalue weighted by molar-refractivity contribution is 0.0955. The van der Waals surface area contributed by atoms with E-state index in [-0.39, 0.29) is 6.61 Å². The first kappa shape index (κ1) is 17.3. The summed E-state index contributed by atoms with van der Waals surface area (Å²) in [5, 5.41) is 12.8. The van der Waals surface area contributed by atoms with Crippen molar-refractivity contribution in [3.63, 3.8) is 0 Å². The van der Waals surface area contributed by atoms with Crippen LogP contribution in [0.4, 0.5) is 0 Å². The van der Waals surface area contributed by atoms with E-state index in [1.54, 1.807) is 42.5 Å². The fraction of sp³-hybridized carbons (Fsp3) is 0.118. The summed E-state index contributed by atoms with van der Waals surface area (Å²) < 4.78 is 10.4. The van der Waals surface area contributed by atoms with Crippen molar-refractivity contribution in [1.82, 2.24) is 5.43 Å². The fourth-order valence-corrected chi connectivity index (χ4v) is 2.09. The number of carbonyl (C=O) groups excluding carboxylic acids is 1. The van der Waals surface area contributed by atoms with Crippen LogP contribution in [-0.4, -0.2) is 25.8 Å². The minimum Gasteiger partial charge on any atom is -0.493 e. The zero-order chi connectivity index (χ0) is 17.4. The highest BCUT2D eigenvalue weighted by Crippen LogP contribution is 2.27. The molecule has 122 valence electrons. The van der Waals surface area contributed by atoms with Crippen molar-refractivity contribution in [2.75, 3.05) is 13.7 Å². The molecule has 0 saturated heterocycles. The third kappa shape index (κ3) is 4.48. The van der Waals surface area contributed by atoms with Crippen LogP contribution in [0.25, 0.3) is 0 Å². The molecule has 0 atom stereocenters. The Hall–Kier alpha value is -3.04. The van der Waals surface area contributed by atoms with Gasteiger partial charge in [0.1, 0.15) is 6.07 Å². The predicted molar refractivity (Wildman–Crippen MR) is 90.6 cm³/mol. The highest BCUT2D eigenvalue weighted by molar-refractivity contribution is 6.33. The van der Waals surface area contributed by atoms with Crippen molar-refractivity contribution in [2.45, 2.75) is 0 Å². The highest BCUT2D eigenvalue weighted by atomic mass is 35.5. The van der Waals surface area contributed by atoms with Crippen molar-refractivity contribution in [3.8, 4) is 17.6 Å². The number of nitrogens with zero attached hydrogens (tertiary/aromatic N) is 2. The summed E-state index contributed by atoms with van der Waals surface area (Å²) in [7, 11) is 1.49. The van der Waals surface area contributed by atoms with Crippen LogP contribution in [0.5, 0.6) is 11.5 Å². The summed E-state index contributed by atoms with van der Waals surface area (Å²) in [4.78, 5) is 12.0. The fourth-order valence-electron chi connectivity index (χ4n) is 1.86. The van der Waals surface area contributed by atoms with Gasteiger partial charge < -0.3 is 9.47 Å². The molecule has 0 heterocycles. The standard InChI is InChI=1S/C17H14ClN3O3/c1-23-16-10-12(6-7-15(16)24-9-8-19)11-20-21-17(22)13-4-2-3-5-14(13)18/h2-7,10-11H,9H2,1H3,(H,21,22)/b20-11-. The van der Waals surface area contributed by atoms with E-state index in [2.05, 4.69) is 10.5 Å². The van der Waals surface area contributed by atoms with Crippen molar-refractivity contribution in [3.05, 3.63) is 58.6 Å². The maximum absolute atomic E-state index is 12.0. The molecule has 0 aliphatic carbocycles. The van der Waals surface area contributed by atoms with E-state index >= 15 is 0 Å². The molecular formula is C17H14ClN3O3. The molecule has 6 nitrogen and oxygen atoms in total. The summed E-state index contributed by atoms with van der Waals surface area (Å²) in [6.45, 7) is -0.0717. The third-order valence-corrected chi connectivity index (χ3v) is 3.31. The summed E-state index contributed by atoms with van der Waals surface area (Å²) in [6, 6.07) is 13.6. The van der Waals surface area contributed by atoms with E-state index in [1.807, 2.05) is 6.07 Å². The van der Waals surface area contributed by atoms with Crippen LogP contribution >= 0.6 is 11.6 Å². The van der Waals surface area contributed by atoms with Gasteiger partial charge in [0.15, 0.2) is 18.1 Å². The van der Waals surface area contributed by atoms with Gasteiger partial charge >= 0.3 is 0 Å². The highest BCUT2D eigenvalue weighted by Gasteiger charge is 2.08. The maximum Gasteiger partial charge on any atom is 0.272 e.